The number of hydrogen-bond acceptors (Lipinski definition) is 8. The van der Waals surface area contributed by atoms with Gasteiger partial charge in [-0.3, -0.25) is 0 Å². The molecular formula is C29H37Cl2N6O2P. The summed E-state index contributed by atoms with van der Waals surface area (Å²) in [6.45, 7) is 11.8. The number of rotatable bonds is 7. The van der Waals surface area contributed by atoms with Gasteiger partial charge < -0.3 is 29.7 Å². The number of anilines is 5. The fourth-order valence-corrected chi connectivity index (χ4v) is 7.13. The van der Waals surface area contributed by atoms with Crippen LogP contribution in [0.1, 0.15) is 24.0 Å². The molecule has 214 valence electrons. The number of aromatic nitrogens is 2. The quantitative estimate of drug-likeness (QED) is 0.290. The van der Waals surface area contributed by atoms with E-state index in [-0.39, 0.29) is 0 Å². The zero-order valence-electron chi connectivity index (χ0n) is 23.9. The van der Waals surface area contributed by atoms with Gasteiger partial charge in [0.2, 0.25) is 5.95 Å². The standard InChI is InChI=1S/C29H37Cl2N6O2P/c1-18-11-23(26(12-19(18)2)40(5,6)38)33-27-21(31)15-32-28(35-27)34-22-13-20(30)24(14-25(22)39-4)37-16-29(17-37)7-9-36(3)10-8-29/h11-15H,7-10,16-17H2,1-6H3,(H2,32,33,34,35). The Balaban J connectivity index is 1.37. The van der Waals surface area contributed by atoms with Crippen LogP contribution >= 0.6 is 30.3 Å². The first-order valence-corrected chi connectivity index (χ1v) is 16.8. The van der Waals surface area contributed by atoms with Gasteiger partial charge in [-0.05, 0) is 89.5 Å². The normalized spacial score (nSPS) is 17.1. The average Bonchev–Trinajstić information content (AvgIpc) is 2.87. The van der Waals surface area contributed by atoms with Gasteiger partial charge in [0.15, 0.2) is 5.82 Å². The molecule has 0 saturated carbocycles. The zero-order chi connectivity index (χ0) is 28.8. The summed E-state index contributed by atoms with van der Waals surface area (Å²) in [6, 6.07) is 7.77. The second-order valence-corrected chi connectivity index (χ2v) is 15.6. The summed E-state index contributed by atoms with van der Waals surface area (Å²) in [5, 5.41) is 8.26. The fraction of sp³-hybridized carbons (Fsp3) is 0.448. The molecule has 0 atom stereocenters. The van der Waals surface area contributed by atoms with Crippen molar-refractivity contribution in [2.24, 2.45) is 5.41 Å². The lowest BCUT2D eigenvalue weighted by molar-refractivity contribution is 0.0906. The van der Waals surface area contributed by atoms with Crippen LogP contribution in [0.15, 0.2) is 30.5 Å². The molecule has 2 fully saturated rings. The summed E-state index contributed by atoms with van der Waals surface area (Å²) < 4.78 is 18.8. The lowest BCUT2D eigenvalue weighted by atomic mass is 9.72. The van der Waals surface area contributed by atoms with Gasteiger partial charge in [0, 0.05) is 29.9 Å². The highest BCUT2D eigenvalue weighted by Gasteiger charge is 2.45. The molecule has 11 heteroatoms. The molecule has 2 saturated heterocycles. The van der Waals surface area contributed by atoms with Crippen molar-refractivity contribution in [3.63, 3.8) is 0 Å². The highest BCUT2D eigenvalue weighted by molar-refractivity contribution is 7.70. The third-order valence-electron chi connectivity index (χ3n) is 8.15. The minimum absolute atomic E-state index is 0.324. The number of nitrogens with zero attached hydrogens (tertiary/aromatic N) is 4. The number of hydrogen-bond donors (Lipinski definition) is 2. The molecule has 0 aliphatic carbocycles. The van der Waals surface area contributed by atoms with Crippen LogP contribution in [-0.4, -0.2) is 68.5 Å². The Morgan fingerprint density at radius 2 is 1.65 bits per heavy atom. The molecule has 40 heavy (non-hydrogen) atoms. The number of nitrogens with one attached hydrogen (secondary N) is 2. The van der Waals surface area contributed by atoms with Gasteiger partial charge in [0.25, 0.3) is 0 Å². The van der Waals surface area contributed by atoms with Crippen LogP contribution in [0.5, 0.6) is 5.75 Å². The van der Waals surface area contributed by atoms with Crippen LogP contribution in [0, 0.1) is 19.3 Å². The molecule has 2 aliphatic heterocycles. The van der Waals surface area contributed by atoms with Crippen molar-refractivity contribution >= 4 is 64.5 Å². The monoisotopic (exact) mass is 602 g/mol. The van der Waals surface area contributed by atoms with E-state index >= 15 is 0 Å². The molecule has 5 rings (SSSR count). The summed E-state index contributed by atoms with van der Waals surface area (Å²) in [5.74, 6) is 1.37. The Kier molecular flexibility index (Phi) is 8.01. The molecule has 1 aromatic heterocycles. The number of piperidine rings is 1. The third kappa shape index (κ3) is 5.91. The van der Waals surface area contributed by atoms with Gasteiger partial charge in [-0.15, -0.1) is 0 Å². The second-order valence-electron chi connectivity index (χ2n) is 11.6. The number of benzene rings is 2. The van der Waals surface area contributed by atoms with E-state index in [4.69, 9.17) is 27.9 Å². The average molecular weight is 604 g/mol. The van der Waals surface area contributed by atoms with Crippen molar-refractivity contribution in [3.05, 3.63) is 51.6 Å². The topological polar surface area (TPSA) is 82.6 Å². The second kappa shape index (κ2) is 11.1. The van der Waals surface area contributed by atoms with E-state index < -0.39 is 7.14 Å². The van der Waals surface area contributed by atoms with Crippen LogP contribution in [0.3, 0.4) is 0 Å². The van der Waals surface area contributed by atoms with E-state index in [9.17, 15) is 4.57 Å². The Bertz CT molecular complexity index is 1480. The van der Waals surface area contributed by atoms with E-state index in [1.54, 1.807) is 20.4 Å². The third-order valence-corrected chi connectivity index (χ3v) is 10.3. The molecule has 0 unspecified atom stereocenters. The van der Waals surface area contributed by atoms with Gasteiger partial charge in [0.05, 0.1) is 35.4 Å². The summed E-state index contributed by atoms with van der Waals surface area (Å²) in [6.07, 6.45) is 3.97. The van der Waals surface area contributed by atoms with Gasteiger partial charge in [-0.2, -0.15) is 4.98 Å². The fourth-order valence-electron chi connectivity index (χ4n) is 5.50. The number of methoxy groups -OCH3 is 1. The first kappa shape index (κ1) is 29.0. The van der Waals surface area contributed by atoms with Gasteiger partial charge in [0.1, 0.15) is 17.9 Å². The van der Waals surface area contributed by atoms with Gasteiger partial charge in [-0.1, -0.05) is 23.2 Å². The lowest BCUT2D eigenvalue weighted by Crippen LogP contribution is -2.60. The van der Waals surface area contributed by atoms with E-state index in [1.165, 1.54) is 19.0 Å². The zero-order valence-corrected chi connectivity index (χ0v) is 26.3. The van der Waals surface area contributed by atoms with Crippen molar-refractivity contribution < 1.29 is 9.30 Å². The van der Waals surface area contributed by atoms with E-state index in [1.807, 2.05) is 38.1 Å². The Labute approximate surface area is 246 Å². The van der Waals surface area contributed by atoms with Crippen molar-refractivity contribution in [1.29, 1.82) is 0 Å². The highest BCUT2D eigenvalue weighted by atomic mass is 35.5. The number of likely N-dealkylation sites (tertiary alicyclic amines) is 1. The SMILES string of the molecule is COc1cc(N2CC3(CCN(C)CC3)C2)c(Cl)cc1Nc1ncc(Cl)c(Nc2cc(C)c(C)cc2P(C)(C)=O)n1. The minimum atomic E-state index is -2.56. The number of aryl methyl sites for hydroxylation is 2. The Hall–Kier alpha value is -2.51. The Morgan fingerprint density at radius 3 is 2.30 bits per heavy atom. The first-order chi connectivity index (χ1) is 18.9. The van der Waals surface area contributed by atoms with Gasteiger partial charge >= 0.3 is 0 Å². The van der Waals surface area contributed by atoms with Crippen LogP contribution < -0.4 is 25.6 Å². The van der Waals surface area contributed by atoms with Crippen molar-refractivity contribution in [2.75, 3.05) is 69.2 Å². The first-order valence-electron chi connectivity index (χ1n) is 13.4. The van der Waals surface area contributed by atoms with Crippen LogP contribution in [0.2, 0.25) is 10.0 Å². The predicted octanol–water partition coefficient (Wildman–Crippen LogP) is 6.68. The van der Waals surface area contributed by atoms with E-state index in [0.29, 0.717) is 44.4 Å². The van der Waals surface area contributed by atoms with Crippen LogP contribution in [0.4, 0.5) is 28.8 Å². The molecule has 1 spiro atoms. The van der Waals surface area contributed by atoms with Crippen LogP contribution in [0.25, 0.3) is 0 Å². The molecular weight excluding hydrogens is 566 g/mol. The number of ether oxygens (including phenoxy) is 1. The Morgan fingerprint density at radius 1 is 0.975 bits per heavy atom. The smallest absolute Gasteiger partial charge is 0.229 e. The minimum Gasteiger partial charge on any atom is -0.494 e. The summed E-state index contributed by atoms with van der Waals surface area (Å²) in [7, 11) is 1.26. The molecule has 0 bridgehead atoms. The summed E-state index contributed by atoms with van der Waals surface area (Å²) in [4.78, 5) is 13.7. The molecule has 2 aromatic carbocycles. The van der Waals surface area contributed by atoms with Crippen molar-refractivity contribution in [1.82, 2.24) is 14.9 Å². The van der Waals surface area contributed by atoms with Crippen molar-refractivity contribution in [2.45, 2.75) is 26.7 Å². The van der Waals surface area contributed by atoms with Crippen LogP contribution in [-0.2, 0) is 4.57 Å². The number of halogens is 2. The van der Waals surface area contributed by atoms with E-state index in [2.05, 4.69) is 37.4 Å². The molecule has 3 heterocycles. The van der Waals surface area contributed by atoms with Crippen molar-refractivity contribution in [3.8, 4) is 5.75 Å². The predicted molar refractivity (Wildman–Crippen MR) is 168 cm³/mol. The highest BCUT2D eigenvalue weighted by Crippen LogP contribution is 2.47. The lowest BCUT2D eigenvalue weighted by Gasteiger charge is -2.55. The summed E-state index contributed by atoms with van der Waals surface area (Å²) >= 11 is 13.3. The van der Waals surface area contributed by atoms with E-state index in [0.717, 1.165) is 48.3 Å². The summed E-state index contributed by atoms with van der Waals surface area (Å²) in [5.41, 5.74) is 4.88. The molecule has 0 amide bonds. The van der Waals surface area contributed by atoms with Gasteiger partial charge in [-0.25, -0.2) is 4.98 Å². The molecule has 0 radical (unpaired) electrons. The maximum atomic E-state index is 13.0. The molecule has 3 aromatic rings. The largest absolute Gasteiger partial charge is 0.494 e. The molecule has 2 aliphatic rings. The maximum Gasteiger partial charge on any atom is 0.229 e. The molecule has 8 nitrogen and oxygen atoms in total. The maximum absolute atomic E-state index is 13.0. The molecule has 2 N–H and O–H groups in total.